The Morgan fingerprint density at radius 1 is 0.750 bits per heavy atom. The first-order valence-corrected chi connectivity index (χ1v) is 22.9. The Hall–Kier alpha value is -7.40. The van der Waals surface area contributed by atoms with Gasteiger partial charge < -0.3 is 65.1 Å². The average molecular weight is 1250 g/mol. The van der Waals surface area contributed by atoms with Crippen molar-refractivity contribution in [2.45, 2.75) is 40.8 Å². The van der Waals surface area contributed by atoms with Crippen LogP contribution in [0.3, 0.4) is 0 Å². The lowest BCUT2D eigenvalue weighted by Crippen LogP contribution is -3.00. The van der Waals surface area contributed by atoms with Gasteiger partial charge in [-0.25, -0.2) is 24.5 Å². The predicted molar refractivity (Wildman–Crippen MR) is 271 cm³/mol. The number of ether oxygens (including phenoxy) is 3. The summed E-state index contributed by atoms with van der Waals surface area (Å²) in [7, 11) is 0. The van der Waals surface area contributed by atoms with E-state index in [-0.39, 0.29) is 72.3 Å². The number of aromatic nitrogens is 7. The molecule has 72 heavy (non-hydrogen) atoms. The number of carbonyl (C=O) groups is 5. The van der Waals surface area contributed by atoms with Crippen LogP contribution in [0.25, 0.3) is 11.3 Å². The minimum Gasteiger partial charge on any atom is -1.00 e. The summed E-state index contributed by atoms with van der Waals surface area (Å²) in [5, 5.41) is 25.4. The first-order chi connectivity index (χ1) is 34.0. The molecule has 0 spiro atoms. The van der Waals surface area contributed by atoms with E-state index in [2.05, 4.69) is 30.4 Å². The van der Waals surface area contributed by atoms with Crippen molar-refractivity contribution >= 4 is 98.4 Å². The first kappa shape index (κ1) is 64.6. The summed E-state index contributed by atoms with van der Waals surface area (Å²) in [4.78, 5) is 69.7. The summed E-state index contributed by atoms with van der Waals surface area (Å²) < 4.78 is 20.9. The summed E-state index contributed by atoms with van der Waals surface area (Å²) >= 11 is 13.2. The van der Waals surface area contributed by atoms with Gasteiger partial charge in [-0.3, -0.25) is 23.2 Å². The van der Waals surface area contributed by atoms with E-state index >= 15 is 0 Å². The number of carbonyl (C=O) groups excluding carboxylic acids is 4. The Balaban J connectivity index is 0.000000843. The van der Waals surface area contributed by atoms with Crippen LogP contribution < -0.4 is 51.2 Å². The number of nitrogens with zero attached hydrogens (tertiary/aromatic N) is 10. The number of nitrogens with two attached hydrogens (primary N) is 3. The van der Waals surface area contributed by atoms with Crippen molar-refractivity contribution < 1.29 is 71.8 Å². The molecular formula is C46H51Cl2I2N13O9. The number of hydrogen-bond acceptors (Lipinski definition) is 17. The molecule has 0 fully saturated rings. The number of Topliss-reactive ketones (excluding diaryl/α,β-unsaturated/α-hetero) is 1. The van der Waals surface area contributed by atoms with E-state index in [0.717, 1.165) is 0 Å². The fraction of sp³-hybridized carbons (Fsp3) is 0.217. The molecule has 0 aromatic carbocycles. The monoisotopic (exact) mass is 1250 g/mol. The van der Waals surface area contributed by atoms with Crippen LogP contribution in [-0.4, -0.2) is 87.3 Å². The fourth-order valence-corrected chi connectivity index (χ4v) is 5.70. The maximum absolute atomic E-state index is 11.2. The van der Waals surface area contributed by atoms with Gasteiger partial charge in [-0.1, -0.05) is 58.5 Å². The lowest BCUT2D eigenvalue weighted by atomic mass is 10.3. The maximum Gasteiger partial charge on any atom is 0.372 e. The first-order valence-electron chi connectivity index (χ1n) is 20.6. The zero-order valence-electron chi connectivity index (χ0n) is 39.2. The Labute approximate surface area is 454 Å². The number of halogens is 4. The number of aromatic carboxylic acids is 1. The molecule has 0 radical (unpaired) electrons. The van der Waals surface area contributed by atoms with Crippen molar-refractivity contribution in [3.63, 3.8) is 0 Å². The fourth-order valence-electron chi connectivity index (χ4n) is 5.16. The number of nitriles is 2. The van der Waals surface area contributed by atoms with Crippen LogP contribution >= 0.6 is 45.8 Å². The lowest BCUT2D eigenvalue weighted by molar-refractivity contribution is -0.683. The molecule has 382 valence electrons. The van der Waals surface area contributed by atoms with E-state index < -0.39 is 5.97 Å². The summed E-state index contributed by atoms with van der Waals surface area (Å²) in [6, 6.07) is 26.6. The lowest BCUT2D eigenvalue weighted by Gasteiger charge is -2.05. The summed E-state index contributed by atoms with van der Waals surface area (Å²) in [5.41, 5.74) is 17.3. The minimum absolute atomic E-state index is 0. The molecule has 7 rings (SSSR count). The highest BCUT2D eigenvalue weighted by Gasteiger charge is 2.16. The molecule has 7 aromatic rings. The van der Waals surface area contributed by atoms with E-state index in [1.54, 1.807) is 120 Å². The Bertz CT molecular complexity index is 2850. The van der Waals surface area contributed by atoms with Crippen LogP contribution in [0.4, 0.5) is 11.6 Å². The number of ketones is 1. The van der Waals surface area contributed by atoms with Crippen molar-refractivity contribution in [3.05, 3.63) is 149 Å². The number of alkyl halides is 1. The van der Waals surface area contributed by atoms with Gasteiger partial charge in [0.25, 0.3) is 5.15 Å². The normalized spacial score (nSPS) is 9.54. The number of carboxylic acid groups (broad SMARTS) is 1. The van der Waals surface area contributed by atoms with Gasteiger partial charge in [0.1, 0.15) is 34.2 Å². The zero-order valence-corrected chi connectivity index (χ0v) is 45.0. The number of anilines is 2. The Kier molecular flexibility index (Phi) is 33.6. The number of nitrogen functional groups attached to an aromatic ring is 2. The van der Waals surface area contributed by atoms with Crippen molar-refractivity contribution in [2.24, 2.45) is 10.7 Å². The second-order valence-corrected chi connectivity index (χ2v) is 14.3. The molecule has 0 bridgehead atoms. The highest BCUT2D eigenvalue weighted by molar-refractivity contribution is 14.1. The molecule has 22 nitrogen and oxygen atoms in total. The second-order valence-electron chi connectivity index (χ2n) is 12.8. The number of esters is 3. The molecule has 7 heterocycles. The van der Waals surface area contributed by atoms with E-state index in [4.69, 9.17) is 59.8 Å². The third-order valence-electron chi connectivity index (χ3n) is 7.87. The van der Waals surface area contributed by atoms with Gasteiger partial charge in [-0.2, -0.15) is 20.1 Å². The standard InChI is InChI=1S/C10H11N3O2.C9H11ClNO2.C9H9N3O.C8H7N3O2.C5H4ClN.C4H7IO2.CH2N2.HI/c1-2-15-10(14)7-13-6-4-3-5-9(13)12-8-11;1-2-13-9(12)7-11-6-4-3-5-8(11)10;1-6(13)8-9(10)11-7-4-2-3-5-12(7)8;9-7-6(8(12)13)11-4-2-1-3-5(11)10-7;6-5-3-1-2-4-7-5;1-2-7-4(6)3-5;2-1-3;/h3-6H,2,7H2,1H3;3-6H,2,7H2,1H3;2-5H,10H2,1H3;1-4H,9H2,(H,12,13);1-4H;2-3H2,1H3;2H2;1H/q;+1;;;;;;/p-1. The minimum atomic E-state index is -1.07. The van der Waals surface area contributed by atoms with Crippen LogP contribution in [0.15, 0.2) is 127 Å². The molecule has 0 aliphatic heterocycles. The number of rotatable bonds is 10. The van der Waals surface area contributed by atoms with Crippen molar-refractivity contribution in [2.75, 3.05) is 35.7 Å². The number of imidazole rings is 2. The molecule has 0 saturated carbocycles. The smallest absolute Gasteiger partial charge is 0.372 e. The third kappa shape index (κ3) is 24.4. The van der Waals surface area contributed by atoms with Crippen LogP contribution in [0, 0.1) is 22.9 Å². The molecule has 0 unspecified atom stereocenters. The zero-order chi connectivity index (χ0) is 53.1. The molecule has 26 heteroatoms. The number of hydrogen-bond donors (Lipinski definition) is 4. The van der Waals surface area contributed by atoms with Crippen molar-refractivity contribution in [3.8, 4) is 12.4 Å². The van der Waals surface area contributed by atoms with Gasteiger partial charge in [0.15, 0.2) is 35.5 Å². The van der Waals surface area contributed by atoms with E-state index in [1.165, 1.54) is 17.5 Å². The van der Waals surface area contributed by atoms with Gasteiger partial charge in [0.05, 0.1) is 24.2 Å². The largest absolute Gasteiger partial charge is 1.00 e. The second kappa shape index (κ2) is 37.4. The Morgan fingerprint density at radius 3 is 1.71 bits per heavy atom. The van der Waals surface area contributed by atoms with Crippen LogP contribution in [0.2, 0.25) is 10.3 Å². The van der Waals surface area contributed by atoms with Crippen LogP contribution in [-0.2, 0) is 41.7 Å². The Morgan fingerprint density at radius 2 is 1.25 bits per heavy atom. The van der Waals surface area contributed by atoms with Gasteiger partial charge in [0, 0.05) is 43.8 Å². The number of pyridine rings is 5. The van der Waals surface area contributed by atoms with Gasteiger partial charge >= 0.3 is 23.9 Å². The van der Waals surface area contributed by atoms with Crippen molar-refractivity contribution in [1.82, 2.24) is 28.3 Å². The molecule has 7 N–H and O–H groups in total. The molecule has 0 atom stereocenters. The van der Waals surface area contributed by atoms with Crippen molar-refractivity contribution in [1.29, 1.82) is 10.5 Å². The van der Waals surface area contributed by atoms with Gasteiger partial charge in [0.2, 0.25) is 12.7 Å². The average Bonchev–Trinajstić information content (AvgIpc) is 3.87. The predicted octanol–water partition coefficient (Wildman–Crippen LogP) is 2.51. The summed E-state index contributed by atoms with van der Waals surface area (Å²) in [6.07, 6.45) is 11.4. The SMILES string of the molecule is CC(=O)c1c(N)nc2ccccn12.CCOC(=O)CI.CCOC(=O)C[n+]1ccccc1Cl.CCOC(=O)Cn1ccccc1=NC#N.Clc1ccccn1.N#CN.Nc1nc2ccccn2c1C(=O)O.[I-]. The highest BCUT2D eigenvalue weighted by atomic mass is 127. The molecule has 0 aliphatic rings. The van der Waals surface area contributed by atoms with Crippen LogP contribution in [0.5, 0.6) is 0 Å². The van der Waals surface area contributed by atoms with E-state index in [1.807, 2.05) is 65.1 Å². The van der Waals surface area contributed by atoms with Gasteiger partial charge in [-0.05, 0) is 87.0 Å². The van der Waals surface area contributed by atoms with Crippen LogP contribution in [0.1, 0.15) is 48.7 Å². The molecule has 0 amide bonds. The number of fused-ring (bicyclic) bond motifs is 2. The summed E-state index contributed by atoms with van der Waals surface area (Å²) in [5.74, 6) is -1.57. The maximum atomic E-state index is 11.2. The quantitative estimate of drug-likeness (QED) is 0.0176. The summed E-state index contributed by atoms with van der Waals surface area (Å²) in [6.45, 7) is 8.24. The number of carboxylic acids is 1. The molecule has 7 aromatic heterocycles. The van der Waals surface area contributed by atoms with Gasteiger partial charge in [-0.15, -0.1) is 0 Å². The molecular weight excluding hydrogens is 1200 g/mol. The van der Waals surface area contributed by atoms with E-state index in [9.17, 15) is 24.0 Å². The molecule has 0 aliphatic carbocycles. The topological polar surface area (TPSA) is 328 Å². The third-order valence-corrected chi connectivity index (χ3v) is 9.06. The highest BCUT2D eigenvalue weighted by Crippen LogP contribution is 2.15. The van der Waals surface area contributed by atoms with E-state index in [0.29, 0.717) is 62.8 Å². The molecule has 0 saturated heterocycles.